The van der Waals surface area contributed by atoms with E-state index in [0.29, 0.717) is 22.0 Å². The maximum atomic E-state index is 11.6. The number of carboxylic acids is 5. The number of Topliss-reactive ketones (excluding diaryl/α,β-unsaturated/α-hetero) is 3. The van der Waals surface area contributed by atoms with Crippen molar-refractivity contribution in [2.75, 3.05) is 0 Å². The predicted molar refractivity (Wildman–Crippen MR) is 251 cm³/mol. The Morgan fingerprint density at radius 1 is 0.694 bits per heavy atom. The SMILES string of the molecule is CC(=O)c1cccc(C(=O)O)c1OCc1ccccc1O.CC(CC(F)(F)F)C(=O)O.O=C(O)CCC(=O)CCC(=O)c1ccccc1.O=C(O)c1ccc(CBr)c([N+](=O)[O-])c1.O=C(O)c1ccncc1O. The molecule has 0 saturated heterocycles. The van der Waals surface area contributed by atoms with E-state index in [1.54, 1.807) is 42.5 Å². The van der Waals surface area contributed by atoms with E-state index >= 15 is 0 Å². The molecule has 0 aliphatic heterocycles. The number of halogens is 4. The number of pyridine rings is 1. The zero-order valence-electron chi connectivity index (χ0n) is 37.9. The van der Waals surface area contributed by atoms with Gasteiger partial charge in [-0.3, -0.25) is 39.1 Å². The van der Waals surface area contributed by atoms with Gasteiger partial charge in [0, 0.05) is 53.5 Å². The van der Waals surface area contributed by atoms with Crippen LogP contribution >= 0.6 is 15.9 Å². The van der Waals surface area contributed by atoms with Crippen LogP contribution in [0.3, 0.4) is 0 Å². The number of aromatic carboxylic acids is 3. The largest absolute Gasteiger partial charge is 0.508 e. The average molecular weight is 1080 g/mol. The van der Waals surface area contributed by atoms with Crippen molar-refractivity contribution in [1.29, 1.82) is 0 Å². The molecule has 24 heteroatoms. The Morgan fingerprint density at radius 3 is 1.75 bits per heavy atom. The second-order valence-corrected chi connectivity index (χ2v) is 15.0. The topological polar surface area (TPSA) is 343 Å². The number of alkyl halides is 4. The second kappa shape index (κ2) is 30.8. The van der Waals surface area contributed by atoms with E-state index in [1.807, 2.05) is 6.07 Å². The summed E-state index contributed by atoms with van der Waals surface area (Å²) in [5, 5.41) is 72.0. The molecule has 1 aromatic heterocycles. The van der Waals surface area contributed by atoms with Crippen LogP contribution in [0, 0.1) is 16.0 Å². The van der Waals surface area contributed by atoms with E-state index < -0.39 is 53.3 Å². The number of hydrogen-bond acceptors (Lipinski definition) is 14. The molecular weight excluding hydrogens is 1030 g/mol. The molecule has 4 aromatic carbocycles. The Balaban J connectivity index is 0.000000464. The molecule has 72 heavy (non-hydrogen) atoms. The van der Waals surface area contributed by atoms with E-state index in [2.05, 4.69) is 20.9 Å². The highest BCUT2D eigenvalue weighted by Crippen LogP contribution is 2.28. The van der Waals surface area contributed by atoms with Crippen LogP contribution < -0.4 is 4.74 Å². The summed E-state index contributed by atoms with van der Waals surface area (Å²) < 4.78 is 39.7. The lowest BCUT2D eigenvalue weighted by atomic mass is 10.0. The number of nitro benzene ring substituents is 1. The number of aromatic nitrogens is 1. The van der Waals surface area contributed by atoms with Crippen LogP contribution in [0.2, 0.25) is 0 Å². The zero-order valence-corrected chi connectivity index (χ0v) is 39.5. The number of phenolic OH excluding ortho intramolecular Hbond substituents is 1. The van der Waals surface area contributed by atoms with E-state index in [4.69, 9.17) is 30.3 Å². The summed E-state index contributed by atoms with van der Waals surface area (Å²) in [4.78, 5) is 100. The fraction of sp³-hybridized carbons (Fsp3) is 0.229. The number of ketones is 3. The average Bonchev–Trinajstić information content (AvgIpc) is 3.32. The molecule has 1 heterocycles. The molecule has 0 bridgehead atoms. The molecule has 0 amide bonds. The molecule has 20 nitrogen and oxygen atoms in total. The molecule has 7 N–H and O–H groups in total. The van der Waals surface area contributed by atoms with Crippen LogP contribution in [0.15, 0.2) is 109 Å². The van der Waals surface area contributed by atoms with Crippen LogP contribution in [-0.4, -0.2) is 99.0 Å². The molecule has 5 rings (SSSR count). The van der Waals surface area contributed by atoms with E-state index in [9.17, 15) is 71.9 Å². The predicted octanol–water partition coefficient (Wildman–Crippen LogP) is 9.29. The van der Waals surface area contributed by atoms with Gasteiger partial charge in [0.1, 0.15) is 40.8 Å². The normalized spacial score (nSPS) is 10.5. The van der Waals surface area contributed by atoms with Gasteiger partial charge in [0.2, 0.25) is 0 Å². The summed E-state index contributed by atoms with van der Waals surface area (Å²) in [5.74, 6) is -8.06. The number of rotatable bonds is 18. The van der Waals surface area contributed by atoms with Crippen LogP contribution in [0.4, 0.5) is 18.9 Å². The number of nitrogens with zero attached hydrogens (tertiary/aromatic N) is 2. The number of aliphatic carboxylic acids is 2. The maximum absolute atomic E-state index is 11.6. The van der Waals surface area contributed by atoms with Crippen LogP contribution in [0.25, 0.3) is 0 Å². The quantitative estimate of drug-likeness (QED) is 0.0186. The van der Waals surface area contributed by atoms with Crippen LogP contribution in [-0.2, 0) is 26.3 Å². The van der Waals surface area contributed by atoms with E-state index in [1.165, 1.54) is 55.6 Å². The monoisotopic (exact) mass is 1070 g/mol. The summed E-state index contributed by atoms with van der Waals surface area (Å²) in [6, 6.07) is 24.7. The minimum absolute atomic E-state index is 0.00258. The lowest BCUT2D eigenvalue weighted by molar-refractivity contribution is -0.385. The first-order valence-electron chi connectivity index (χ1n) is 20.5. The van der Waals surface area contributed by atoms with Crippen molar-refractivity contribution >= 4 is 68.8 Å². The van der Waals surface area contributed by atoms with Crippen LogP contribution in [0.1, 0.15) is 109 Å². The molecule has 0 saturated carbocycles. The molecule has 0 radical (unpaired) electrons. The van der Waals surface area contributed by atoms with Gasteiger partial charge in [0.05, 0.1) is 41.0 Å². The molecule has 0 fully saturated rings. The van der Waals surface area contributed by atoms with E-state index in [-0.39, 0.29) is 94.8 Å². The number of carboxylic acid groups (broad SMARTS) is 5. The Morgan fingerprint density at radius 2 is 1.28 bits per heavy atom. The number of nitro groups is 1. The highest BCUT2D eigenvalue weighted by atomic mass is 79.9. The standard InChI is InChI=1S/C16H14O5.C13H14O4.C8H6BrNO4.C6H5NO3.C5H7F3O2/c1-10(17)12-6-4-7-13(16(19)20)15(12)21-9-11-5-2-3-8-14(11)18;14-11(7-9-13(16)17)6-8-12(15)10-4-2-1-3-5-10;9-4-6-2-1-5(8(11)12)3-7(6)10(13)14;8-5-3-7-2-1-4(5)6(9)10;1-3(4(9)10)2-5(6,7)8/h2-8,18H,9H2,1H3,(H,19,20);1-5H,6-9H2,(H,16,17);1-3H,4H2,(H,11,12);1-3,8H,(H,9,10);3H,2H2,1H3,(H,9,10). The second-order valence-electron chi connectivity index (χ2n) is 14.5. The minimum Gasteiger partial charge on any atom is -0.508 e. The smallest absolute Gasteiger partial charge is 0.389 e. The van der Waals surface area contributed by atoms with E-state index in [0.717, 1.165) is 19.2 Å². The van der Waals surface area contributed by atoms with Crippen molar-refractivity contribution in [2.24, 2.45) is 5.92 Å². The van der Waals surface area contributed by atoms with Crippen molar-refractivity contribution in [2.45, 2.75) is 64.1 Å². The van der Waals surface area contributed by atoms with Crippen molar-refractivity contribution in [3.8, 4) is 17.2 Å². The molecule has 0 spiro atoms. The lowest BCUT2D eigenvalue weighted by Gasteiger charge is -2.13. The number of carbonyl (C=O) groups is 8. The summed E-state index contributed by atoms with van der Waals surface area (Å²) in [7, 11) is 0. The lowest BCUT2D eigenvalue weighted by Crippen LogP contribution is -2.19. The fourth-order valence-electron chi connectivity index (χ4n) is 5.29. The van der Waals surface area contributed by atoms with Gasteiger partial charge in [0.15, 0.2) is 11.6 Å². The Kier molecular flexibility index (Phi) is 26.3. The minimum atomic E-state index is -4.38. The van der Waals surface area contributed by atoms with Gasteiger partial charge in [-0.25, -0.2) is 14.4 Å². The summed E-state index contributed by atoms with van der Waals surface area (Å²) >= 11 is 3.09. The highest BCUT2D eigenvalue weighted by Gasteiger charge is 2.32. The molecule has 384 valence electrons. The van der Waals surface area contributed by atoms with Gasteiger partial charge in [-0.15, -0.1) is 0 Å². The molecule has 5 aromatic rings. The van der Waals surface area contributed by atoms with Gasteiger partial charge in [-0.2, -0.15) is 13.2 Å². The van der Waals surface area contributed by atoms with Gasteiger partial charge < -0.3 is 40.5 Å². The Hall–Kier alpha value is -8.54. The number of ether oxygens (including phenoxy) is 1. The van der Waals surface area contributed by atoms with Crippen molar-refractivity contribution in [3.63, 3.8) is 0 Å². The third-order valence-electron chi connectivity index (χ3n) is 9.00. The molecule has 1 unspecified atom stereocenters. The third kappa shape index (κ3) is 23.2. The molecule has 1 atom stereocenters. The van der Waals surface area contributed by atoms with Crippen molar-refractivity contribution in [3.05, 3.63) is 159 Å². The summed E-state index contributed by atoms with van der Waals surface area (Å²) in [6.45, 7) is 2.33. The fourth-order valence-corrected chi connectivity index (χ4v) is 5.77. The Labute approximate surface area is 415 Å². The number of phenols is 1. The van der Waals surface area contributed by atoms with Gasteiger partial charge in [-0.05, 0) is 37.3 Å². The molecule has 0 aliphatic carbocycles. The highest BCUT2D eigenvalue weighted by molar-refractivity contribution is 9.08. The number of hydrogen-bond donors (Lipinski definition) is 7. The first kappa shape index (κ1) is 61.5. The first-order chi connectivity index (χ1) is 33.7. The van der Waals surface area contributed by atoms with Crippen molar-refractivity contribution < 1.29 is 96.9 Å². The van der Waals surface area contributed by atoms with Gasteiger partial charge >= 0.3 is 36.0 Å². The Bertz CT molecular complexity index is 2670. The number of benzene rings is 4. The van der Waals surface area contributed by atoms with Gasteiger partial charge in [0.25, 0.3) is 5.69 Å². The first-order valence-corrected chi connectivity index (χ1v) is 21.6. The third-order valence-corrected chi connectivity index (χ3v) is 9.60. The number of aromatic hydroxyl groups is 2. The molecule has 0 aliphatic rings. The maximum Gasteiger partial charge on any atom is 0.389 e. The zero-order chi connectivity index (χ0) is 54.7. The van der Waals surface area contributed by atoms with Gasteiger partial charge in [-0.1, -0.05) is 83.5 Å². The number of carbonyl (C=O) groups excluding carboxylic acids is 3. The number of para-hydroxylation sites is 2. The summed E-state index contributed by atoms with van der Waals surface area (Å²) in [5.41, 5.74) is 1.27. The molecular formula is C48H46BrF3N2O18. The van der Waals surface area contributed by atoms with Crippen molar-refractivity contribution in [1.82, 2.24) is 4.98 Å². The summed E-state index contributed by atoms with van der Waals surface area (Å²) in [6.07, 6.45) is -3.16. The van der Waals surface area contributed by atoms with Crippen LogP contribution in [0.5, 0.6) is 17.2 Å².